The van der Waals surface area contributed by atoms with Crippen LogP contribution in [-0.4, -0.2) is 51.0 Å². The van der Waals surface area contributed by atoms with E-state index in [1.807, 2.05) is 31.2 Å². The first-order valence-corrected chi connectivity index (χ1v) is 7.79. The molecule has 0 bridgehead atoms. The first-order chi connectivity index (χ1) is 11.7. The number of aryl methyl sites for hydroxylation is 1. The molecule has 0 atom stereocenters. The molecule has 0 aromatic carbocycles. The Kier molecular flexibility index (Phi) is 3.46. The van der Waals surface area contributed by atoms with Crippen molar-refractivity contribution in [3.63, 3.8) is 0 Å². The second-order valence-electron chi connectivity index (χ2n) is 5.75. The number of nitrogens with zero attached hydrogens (tertiary/aromatic N) is 8. The standard InChI is InChI=1S/C16H16N8/c1-12-2-3-14(19-13(12)10-17)22-6-8-23(9-7-22)16-5-4-15-20-18-11-24(15)21-16/h2-5,11H,6-9H2,1H3. The highest BCUT2D eigenvalue weighted by molar-refractivity contribution is 5.49. The average Bonchev–Trinajstić information content (AvgIpc) is 3.10. The van der Waals surface area contributed by atoms with E-state index in [0.29, 0.717) is 5.69 Å². The summed E-state index contributed by atoms with van der Waals surface area (Å²) < 4.78 is 1.68. The molecule has 4 rings (SSSR count). The molecule has 120 valence electrons. The van der Waals surface area contributed by atoms with Gasteiger partial charge in [-0.15, -0.1) is 15.3 Å². The maximum atomic E-state index is 9.14. The van der Waals surface area contributed by atoms with E-state index in [4.69, 9.17) is 5.26 Å². The number of piperazine rings is 1. The molecule has 4 heterocycles. The summed E-state index contributed by atoms with van der Waals surface area (Å²) >= 11 is 0. The Balaban J connectivity index is 1.49. The van der Waals surface area contributed by atoms with Crippen molar-refractivity contribution in [2.45, 2.75) is 6.92 Å². The molecule has 24 heavy (non-hydrogen) atoms. The molecule has 1 aliphatic rings. The molecule has 0 spiro atoms. The fourth-order valence-corrected chi connectivity index (χ4v) is 2.86. The van der Waals surface area contributed by atoms with Crippen molar-refractivity contribution in [2.24, 2.45) is 0 Å². The van der Waals surface area contributed by atoms with Crippen LogP contribution in [0.15, 0.2) is 30.6 Å². The summed E-state index contributed by atoms with van der Waals surface area (Å²) in [5.41, 5.74) is 2.14. The molecule has 3 aromatic rings. The van der Waals surface area contributed by atoms with Crippen LogP contribution in [0.1, 0.15) is 11.3 Å². The van der Waals surface area contributed by atoms with Crippen molar-refractivity contribution >= 4 is 17.3 Å². The van der Waals surface area contributed by atoms with Gasteiger partial charge in [-0.05, 0) is 30.7 Å². The maximum Gasteiger partial charge on any atom is 0.177 e. The van der Waals surface area contributed by atoms with Gasteiger partial charge in [0.15, 0.2) is 5.65 Å². The van der Waals surface area contributed by atoms with Gasteiger partial charge >= 0.3 is 0 Å². The third-order valence-electron chi connectivity index (χ3n) is 4.26. The van der Waals surface area contributed by atoms with Gasteiger partial charge in [0.1, 0.15) is 29.7 Å². The number of anilines is 2. The lowest BCUT2D eigenvalue weighted by atomic mass is 10.2. The number of nitriles is 1. The molecule has 1 aliphatic heterocycles. The summed E-state index contributed by atoms with van der Waals surface area (Å²) in [6.07, 6.45) is 1.61. The average molecular weight is 320 g/mol. The fourth-order valence-electron chi connectivity index (χ4n) is 2.86. The summed E-state index contributed by atoms with van der Waals surface area (Å²) in [6.45, 7) is 5.27. The summed E-state index contributed by atoms with van der Waals surface area (Å²) in [5, 5.41) is 21.5. The predicted molar refractivity (Wildman–Crippen MR) is 88.9 cm³/mol. The summed E-state index contributed by atoms with van der Waals surface area (Å²) in [5.74, 6) is 1.77. The third kappa shape index (κ3) is 2.50. The summed E-state index contributed by atoms with van der Waals surface area (Å²) in [7, 11) is 0. The zero-order valence-electron chi connectivity index (χ0n) is 13.3. The van der Waals surface area contributed by atoms with Gasteiger partial charge in [-0.3, -0.25) is 0 Å². The number of pyridine rings is 1. The van der Waals surface area contributed by atoms with E-state index < -0.39 is 0 Å². The Morgan fingerprint density at radius 1 is 1.00 bits per heavy atom. The second-order valence-corrected chi connectivity index (χ2v) is 5.75. The minimum atomic E-state index is 0.495. The number of fused-ring (bicyclic) bond motifs is 1. The Bertz CT molecular complexity index is 917. The zero-order valence-corrected chi connectivity index (χ0v) is 13.3. The quantitative estimate of drug-likeness (QED) is 0.697. The maximum absolute atomic E-state index is 9.14. The van der Waals surface area contributed by atoms with E-state index in [0.717, 1.165) is 49.0 Å². The third-order valence-corrected chi connectivity index (χ3v) is 4.26. The molecule has 0 radical (unpaired) electrons. The molecular weight excluding hydrogens is 304 g/mol. The van der Waals surface area contributed by atoms with E-state index >= 15 is 0 Å². The summed E-state index contributed by atoms with van der Waals surface area (Å²) in [6, 6.07) is 9.97. The van der Waals surface area contributed by atoms with Crippen LogP contribution in [0.3, 0.4) is 0 Å². The Hall–Kier alpha value is -3.21. The second kappa shape index (κ2) is 5.77. The van der Waals surface area contributed by atoms with E-state index in [1.165, 1.54) is 0 Å². The van der Waals surface area contributed by atoms with Crippen molar-refractivity contribution < 1.29 is 0 Å². The van der Waals surface area contributed by atoms with E-state index in [1.54, 1.807) is 10.8 Å². The molecule has 3 aromatic heterocycles. The van der Waals surface area contributed by atoms with Crippen LogP contribution in [0, 0.1) is 18.3 Å². The van der Waals surface area contributed by atoms with E-state index in [2.05, 4.69) is 36.1 Å². The minimum Gasteiger partial charge on any atom is -0.353 e. The number of hydrogen-bond donors (Lipinski definition) is 0. The monoisotopic (exact) mass is 320 g/mol. The van der Waals surface area contributed by atoms with Crippen molar-refractivity contribution in [3.8, 4) is 6.07 Å². The predicted octanol–water partition coefficient (Wildman–Crippen LogP) is 1.03. The zero-order chi connectivity index (χ0) is 16.5. The van der Waals surface area contributed by atoms with Crippen LogP contribution in [-0.2, 0) is 0 Å². The highest BCUT2D eigenvalue weighted by Gasteiger charge is 2.20. The van der Waals surface area contributed by atoms with Gasteiger partial charge < -0.3 is 9.80 Å². The van der Waals surface area contributed by atoms with Gasteiger partial charge in [0, 0.05) is 26.2 Å². The topological polar surface area (TPSA) is 86.2 Å². The normalized spacial score (nSPS) is 14.8. The number of hydrogen-bond acceptors (Lipinski definition) is 7. The van der Waals surface area contributed by atoms with Crippen LogP contribution in [0.2, 0.25) is 0 Å². The lowest BCUT2D eigenvalue weighted by molar-refractivity contribution is 0.636. The van der Waals surface area contributed by atoms with Gasteiger partial charge in [0.25, 0.3) is 0 Å². The van der Waals surface area contributed by atoms with Crippen molar-refractivity contribution in [1.82, 2.24) is 24.8 Å². The molecule has 0 unspecified atom stereocenters. The first-order valence-electron chi connectivity index (χ1n) is 7.79. The van der Waals surface area contributed by atoms with Crippen molar-refractivity contribution in [3.05, 3.63) is 41.9 Å². The van der Waals surface area contributed by atoms with Crippen molar-refractivity contribution in [2.75, 3.05) is 36.0 Å². The van der Waals surface area contributed by atoms with Crippen LogP contribution in [0.5, 0.6) is 0 Å². The highest BCUT2D eigenvalue weighted by atomic mass is 15.4. The van der Waals surface area contributed by atoms with Gasteiger partial charge in [-0.1, -0.05) is 6.07 Å². The van der Waals surface area contributed by atoms with Gasteiger partial charge in [0.05, 0.1) is 0 Å². The summed E-state index contributed by atoms with van der Waals surface area (Å²) in [4.78, 5) is 8.89. The van der Waals surface area contributed by atoms with Crippen LogP contribution < -0.4 is 9.80 Å². The Morgan fingerprint density at radius 3 is 2.46 bits per heavy atom. The Morgan fingerprint density at radius 2 is 1.71 bits per heavy atom. The molecule has 8 heteroatoms. The Labute approximate surface area is 139 Å². The van der Waals surface area contributed by atoms with Crippen LogP contribution in [0.25, 0.3) is 5.65 Å². The lowest BCUT2D eigenvalue weighted by Crippen LogP contribution is -2.47. The van der Waals surface area contributed by atoms with Crippen LogP contribution in [0.4, 0.5) is 11.6 Å². The molecule has 1 fully saturated rings. The molecular formula is C16H16N8. The molecule has 0 aliphatic carbocycles. The molecule has 8 nitrogen and oxygen atoms in total. The largest absolute Gasteiger partial charge is 0.353 e. The van der Waals surface area contributed by atoms with Gasteiger partial charge in [-0.25, -0.2) is 4.98 Å². The fraction of sp³-hybridized carbons (Fsp3) is 0.312. The number of aromatic nitrogens is 5. The molecule has 0 N–H and O–H groups in total. The minimum absolute atomic E-state index is 0.495. The van der Waals surface area contributed by atoms with Gasteiger partial charge in [0.2, 0.25) is 0 Å². The molecule has 0 amide bonds. The van der Waals surface area contributed by atoms with Gasteiger partial charge in [-0.2, -0.15) is 9.78 Å². The SMILES string of the molecule is Cc1ccc(N2CCN(c3ccc4nncn4n3)CC2)nc1C#N. The smallest absolute Gasteiger partial charge is 0.177 e. The van der Waals surface area contributed by atoms with Crippen molar-refractivity contribution in [1.29, 1.82) is 5.26 Å². The molecule has 0 saturated carbocycles. The van der Waals surface area contributed by atoms with Crippen LogP contribution >= 0.6 is 0 Å². The lowest BCUT2D eigenvalue weighted by Gasteiger charge is -2.36. The number of rotatable bonds is 2. The molecule has 1 saturated heterocycles. The van der Waals surface area contributed by atoms with E-state index in [-0.39, 0.29) is 0 Å². The first kappa shape index (κ1) is 14.4. The van der Waals surface area contributed by atoms with E-state index in [9.17, 15) is 0 Å². The highest BCUT2D eigenvalue weighted by Crippen LogP contribution is 2.19.